The van der Waals surface area contributed by atoms with Crippen molar-refractivity contribution in [3.8, 4) is 0 Å². The Hall–Kier alpha value is -0.720. The van der Waals surface area contributed by atoms with Gasteiger partial charge in [0.2, 0.25) is 0 Å². The van der Waals surface area contributed by atoms with Crippen molar-refractivity contribution in [2.45, 2.75) is 46.1 Å². The Morgan fingerprint density at radius 2 is 2.07 bits per heavy atom. The lowest BCUT2D eigenvalue weighted by Crippen LogP contribution is -2.16. The second-order valence-electron chi connectivity index (χ2n) is 4.42. The highest BCUT2D eigenvalue weighted by Gasteiger charge is 2.40. The van der Waals surface area contributed by atoms with E-state index in [4.69, 9.17) is 0 Å². The van der Waals surface area contributed by atoms with Gasteiger partial charge in [-0.15, -0.1) is 0 Å². The fraction of sp³-hybridized carbons (Fsp3) is 0.692. The van der Waals surface area contributed by atoms with Crippen LogP contribution in [0.4, 0.5) is 0 Å². The van der Waals surface area contributed by atoms with E-state index in [0.29, 0.717) is 0 Å². The van der Waals surface area contributed by atoms with E-state index in [1.807, 2.05) is 0 Å². The molecule has 1 rings (SSSR count). The lowest BCUT2D eigenvalue weighted by atomic mass is 10.1. The summed E-state index contributed by atoms with van der Waals surface area (Å²) in [5.41, 5.74) is 2.88. The molecular weight excluding hydrogens is 170 g/mol. The fourth-order valence-electron chi connectivity index (χ4n) is 1.87. The van der Waals surface area contributed by atoms with Crippen LogP contribution in [0.15, 0.2) is 23.9 Å². The zero-order chi connectivity index (χ0) is 10.7. The molecule has 2 atom stereocenters. The first-order valence-corrected chi connectivity index (χ1v) is 5.67. The Bertz CT molecular complexity index is 240. The normalized spacial score (nSPS) is 26.1. The molecule has 0 amide bonds. The summed E-state index contributed by atoms with van der Waals surface area (Å²) in [6.45, 7) is 10.7. The standard InChI is InChI=1S/C13H23N/c1-6-10(3)9-14(5)13-8-12(13)11(4)7-2/h9,12-13H,4,6-8H2,1-3,5H3/b10-9+. The molecule has 2 unspecified atom stereocenters. The molecule has 1 nitrogen and oxygen atoms in total. The van der Waals surface area contributed by atoms with Crippen molar-refractivity contribution in [1.82, 2.24) is 4.90 Å². The molecule has 0 N–H and O–H groups in total. The van der Waals surface area contributed by atoms with Crippen LogP contribution >= 0.6 is 0 Å². The molecule has 0 radical (unpaired) electrons. The zero-order valence-corrected chi connectivity index (χ0v) is 10.0. The van der Waals surface area contributed by atoms with E-state index in [1.165, 1.54) is 17.6 Å². The summed E-state index contributed by atoms with van der Waals surface area (Å²) in [5.74, 6) is 0.755. The van der Waals surface area contributed by atoms with Gasteiger partial charge in [-0.2, -0.15) is 0 Å². The van der Waals surface area contributed by atoms with Crippen molar-refractivity contribution in [3.05, 3.63) is 23.9 Å². The molecule has 1 fully saturated rings. The monoisotopic (exact) mass is 193 g/mol. The van der Waals surface area contributed by atoms with E-state index in [1.54, 1.807) is 0 Å². The molecule has 0 spiro atoms. The second kappa shape index (κ2) is 4.68. The van der Waals surface area contributed by atoms with Gasteiger partial charge in [0.15, 0.2) is 0 Å². The Balaban J connectivity index is 2.43. The van der Waals surface area contributed by atoms with Crippen LogP contribution in [0.3, 0.4) is 0 Å². The minimum atomic E-state index is 0.726. The van der Waals surface area contributed by atoms with E-state index in [-0.39, 0.29) is 0 Å². The molecule has 14 heavy (non-hydrogen) atoms. The first-order chi connectivity index (χ1) is 6.60. The highest BCUT2D eigenvalue weighted by molar-refractivity contribution is 5.16. The third-order valence-electron chi connectivity index (χ3n) is 3.24. The lowest BCUT2D eigenvalue weighted by molar-refractivity contribution is 0.425. The van der Waals surface area contributed by atoms with E-state index in [2.05, 4.69) is 45.5 Å². The summed E-state index contributed by atoms with van der Waals surface area (Å²) < 4.78 is 0. The van der Waals surface area contributed by atoms with Crippen LogP contribution in [-0.2, 0) is 0 Å². The number of allylic oxidation sites excluding steroid dienone is 1. The summed E-state index contributed by atoms with van der Waals surface area (Å²) >= 11 is 0. The summed E-state index contributed by atoms with van der Waals surface area (Å²) in [4.78, 5) is 2.37. The van der Waals surface area contributed by atoms with Crippen LogP contribution in [0.2, 0.25) is 0 Å². The molecular formula is C13H23N. The maximum Gasteiger partial charge on any atom is 0.0353 e. The second-order valence-corrected chi connectivity index (χ2v) is 4.42. The quantitative estimate of drug-likeness (QED) is 0.603. The van der Waals surface area contributed by atoms with Crippen LogP contribution < -0.4 is 0 Å². The van der Waals surface area contributed by atoms with Gasteiger partial charge in [0.25, 0.3) is 0 Å². The third kappa shape index (κ3) is 2.63. The molecule has 1 aliphatic carbocycles. The van der Waals surface area contributed by atoms with Crippen molar-refractivity contribution in [3.63, 3.8) is 0 Å². The summed E-state index contributed by atoms with van der Waals surface area (Å²) in [6.07, 6.45) is 5.87. The topological polar surface area (TPSA) is 3.24 Å². The van der Waals surface area contributed by atoms with Gasteiger partial charge in [0.1, 0.15) is 0 Å². The van der Waals surface area contributed by atoms with Gasteiger partial charge in [-0.25, -0.2) is 0 Å². The van der Waals surface area contributed by atoms with Gasteiger partial charge in [0.05, 0.1) is 0 Å². The minimum Gasteiger partial charge on any atom is -0.377 e. The highest BCUT2D eigenvalue weighted by atomic mass is 15.1. The first kappa shape index (κ1) is 11.4. The summed E-state index contributed by atoms with van der Waals surface area (Å²) in [7, 11) is 2.19. The maximum atomic E-state index is 4.12. The smallest absolute Gasteiger partial charge is 0.0353 e. The van der Waals surface area contributed by atoms with Crippen LogP contribution in [0.25, 0.3) is 0 Å². The molecule has 0 aliphatic heterocycles. The summed E-state index contributed by atoms with van der Waals surface area (Å²) in [6, 6.07) is 0.726. The molecule has 0 aromatic carbocycles. The van der Waals surface area contributed by atoms with Crippen LogP contribution in [0.5, 0.6) is 0 Å². The van der Waals surface area contributed by atoms with Crippen molar-refractivity contribution in [1.29, 1.82) is 0 Å². The van der Waals surface area contributed by atoms with Crippen molar-refractivity contribution in [2.24, 2.45) is 5.92 Å². The van der Waals surface area contributed by atoms with E-state index >= 15 is 0 Å². The molecule has 0 bridgehead atoms. The third-order valence-corrected chi connectivity index (χ3v) is 3.24. The molecule has 1 saturated carbocycles. The Kier molecular flexibility index (Phi) is 3.79. The van der Waals surface area contributed by atoms with Crippen molar-refractivity contribution < 1.29 is 0 Å². The molecule has 80 valence electrons. The Morgan fingerprint density at radius 1 is 1.43 bits per heavy atom. The SMILES string of the molecule is C=C(CC)C1CC1N(C)/C=C(\C)CC. The molecule has 1 heteroatoms. The number of rotatable bonds is 5. The van der Waals surface area contributed by atoms with E-state index < -0.39 is 0 Å². The van der Waals surface area contributed by atoms with Crippen molar-refractivity contribution >= 4 is 0 Å². The molecule has 0 heterocycles. The maximum absolute atomic E-state index is 4.12. The number of hydrogen-bond acceptors (Lipinski definition) is 1. The predicted molar refractivity (Wildman–Crippen MR) is 63.1 cm³/mol. The highest BCUT2D eigenvalue weighted by Crippen LogP contribution is 2.41. The van der Waals surface area contributed by atoms with Gasteiger partial charge < -0.3 is 4.90 Å². The van der Waals surface area contributed by atoms with Gasteiger partial charge in [-0.1, -0.05) is 31.6 Å². The van der Waals surface area contributed by atoms with E-state index in [0.717, 1.165) is 24.8 Å². The number of nitrogens with zero attached hydrogens (tertiary/aromatic N) is 1. The minimum absolute atomic E-state index is 0.726. The van der Waals surface area contributed by atoms with E-state index in [9.17, 15) is 0 Å². The van der Waals surface area contributed by atoms with Crippen LogP contribution in [0, 0.1) is 5.92 Å². The molecule has 0 aromatic rings. The molecule has 1 aliphatic rings. The van der Waals surface area contributed by atoms with Gasteiger partial charge in [0, 0.05) is 19.0 Å². The number of hydrogen-bond donors (Lipinski definition) is 0. The average molecular weight is 193 g/mol. The van der Waals surface area contributed by atoms with Gasteiger partial charge >= 0.3 is 0 Å². The average Bonchev–Trinajstić information content (AvgIpc) is 2.95. The van der Waals surface area contributed by atoms with Crippen LogP contribution in [0.1, 0.15) is 40.0 Å². The lowest BCUT2D eigenvalue weighted by Gasteiger charge is -2.15. The predicted octanol–water partition coefficient (Wildman–Crippen LogP) is 3.59. The van der Waals surface area contributed by atoms with Crippen LogP contribution in [-0.4, -0.2) is 18.0 Å². The summed E-state index contributed by atoms with van der Waals surface area (Å²) in [5, 5.41) is 0. The van der Waals surface area contributed by atoms with Gasteiger partial charge in [-0.3, -0.25) is 0 Å². The Morgan fingerprint density at radius 3 is 2.57 bits per heavy atom. The van der Waals surface area contributed by atoms with Crippen molar-refractivity contribution in [2.75, 3.05) is 7.05 Å². The Labute approximate surface area is 88.5 Å². The fourth-order valence-corrected chi connectivity index (χ4v) is 1.87. The molecule has 0 aromatic heterocycles. The van der Waals surface area contributed by atoms with Gasteiger partial charge in [-0.05, 0) is 32.4 Å². The zero-order valence-electron chi connectivity index (χ0n) is 10.0. The first-order valence-electron chi connectivity index (χ1n) is 5.67. The molecule has 0 saturated heterocycles. The largest absolute Gasteiger partial charge is 0.377 e.